The van der Waals surface area contributed by atoms with Gasteiger partial charge in [0.2, 0.25) is 0 Å². The van der Waals surface area contributed by atoms with E-state index in [1.807, 2.05) is 0 Å². The summed E-state index contributed by atoms with van der Waals surface area (Å²) in [6.45, 7) is -0.621. The molecule has 10 heteroatoms. The van der Waals surface area contributed by atoms with Crippen molar-refractivity contribution in [3.8, 4) is 0 Å². The molecule has 136 valence electrons. The van der Waals surface area contributed by atoms with Gasteiger partial charge in [0, 0.05) is 12.3 Å². The number of aliphatic hydroxyl groups is 1. The van der Waals surface area contributed by atoms with Crippen molar-refractivity contribution < 1.29 is 49.4 Å². The SMILES string of the molecule is O=C(O)CC1O[C@@H](CO)[C@H](CC(=O)O)[C@@H](CC(=O)O)[C@H]1CC(=O)O. The summed E-state index contributed by atoms with van der Waals surface area (Å²) in [5.74, 6) is -7.91. The maximum absolute atomic E-state index is 11.1. The van der Waals surface area contributed by atoms with Gasteiger partial charge in [-0.2, -0.15) is 0 Å². The lowest BCUT2D eigenvalue weighted by Gasteiger charge is -2.45. The summed E-state index contributed by atoms with van der Waals surface area (Å²) in [5.41, 5.74) is 0. The van der Waals surface area contributed by atoms with Gasteiger partial charge in [-0.3, -0.25) is 19.2 Å². The number of hydrogen-bond donors (Lipinski definition) is 5. The van der Waals surface area contributed by atoms with Gasteiger partial charge in [-0.05, 0) is 11.8 Å². The van der Waals surface area contributed by atoms with Gasteiger partial charge in [-0.25, -0.2) is 0 Å². The van der Waals surface area contributed by atoms with Crippen molar-refractivity contribution in [2.45, 2.75) is 37.9 Å². The van der Waals surface area contributed by atoms with Crippen LogP contribution in [0.25, 0.3) is 0 Å². The summed E-state index contributed by atoms with van der Waals surface area (Å²) >= 11 is 0. The normalized spacial score (nSPS) is 29.8. The molecule has 1 fully saturated rings. The molecule has 24 heavy (non-hydrogen) atoms. The first-order chi connectivity index (χ1) is 11.1. The van der Waals surface area contributed by atoms with E-state index in [-0.39, 0.29) is 0 Å². The number of carboxylic acid groups (broad SMARTS) is 4. The Hall–Kier alpha value is -2.20. The minimum atomic E-state index is -1.27. The van der Waals surface area contributed by atoms with Gasteiger partial charge >= 0.3 is 23.9 Å². The Bertz CT molecular complexity index is 502. The Morgan fingerprint density at radius 3 is 1.38 bits per heavy atom. The molecule has 0 amide bonds. The molecule has 0 saturated carbocycles. The second-order valence-corrected chi connectivity index (χ2v) is 5.78. The summed E-state index contributed by atoms with van der Waals surface area (Å²) in [4.78, 5) is 44.3. The third kappa shape index (κ3) is 5.46. The molecule has 1 aliphatic rings. The third-order valence-electron chi connectivity index (χ3n) is 4.19. The minimum Gasteiger partial charge on any atom is -0.481 e. The van der Waals surface area contributed by atoms with Crippen molar-refractivity contribution in [1.29, 1.82) is 0 Å². The number of aliphatic hydroxyl groups excluding tert-OH is 1. The molecule has 1 saturated heterocycles. The highest BCUT2D eigenvalue weighted by molar-refractivity contribution is 5.71. The van der Waals surface area contributed by atoms with Crippen molar-refractivity contribution in [2.75, 3.05) is 6.61 Å². The second kappa shape index (κ2) is 8.60. The van der Waals surface area contributed by atoms with E-state index in [0.717, 1.165) is 0 Å². The first kappa shape index (κ1) is 19.8. The summed E-state index contributed by atoms with van der Waals surface area (Å²) in [6, 6.07) is 0. The molecule has 0 aliphatic carbocycles. The Balaban J connectivity index is 3.23. The molecule has 0 aromatic heterocycles. The maximum atomic E-state index is 11.1. The predicted molar refractivity (Wildman–Crippen MR) is 75.2 cm³/mol. The third-order valence-corrected chi connectivity index (χ3v) is 4.19. The van der Waals surface area contributed by atoms with Crippen LogP contribution in [-0.4, -0.2) is 68.2 Å². The standard InChI is InChI=1S/C14H20O10/c15-5-10-8(3-13(20)21)6(1-11(16)17)7(2-12(18)19)9(24-10)4-14(22)23/h6-10,15H,1-5H2,(H,16,17)(H,18,19)(H,20,21)(H,22,23)/t6-,7+,8+,9?,10-/m0/s1. The van der Waals surface area contributed by atoms with E-state index in [4.69, 9.17) is 25.2 Å². The Labute approximate surface area is 136 Å². The predicted octanol–water partition coefficient (Wildman–Crippen LogP) is -0.506. The van der Waals surface area contributed by atoms with Gasteiger partial charge in [-0.1, -0.05) is 0 Å². The molecule has 0 radical (unpaired) electrons. The molecule has 0 bridgehead atoms. The number of carboxylic acids is 4. The van der Waals surface area contributed by atoms with Crippen LogP contribution >= 0.6 is 0 Å². The van der Waals surface area contributed by atoms with Gasteiger partial charge in [0.15, 0.2) is 0 Å². The van der Waals surface area contributed by atoms with Gasteiger partial charge in [0.1, 0.15) is 0 Å². The van der Waals surface area contributed by atoms with Crippen LogP contribution in [0, 0.1) is 17.8 Å². The van der Waals surface area contributed by atoms with Gasteiger partial charge in [-0.15, -0.1) is 0 Å². The zero-order valence-corrected chi connectivity index (χ0v) is 12.7. The molecule has 1 heterocycles. The summed E-state index contributed by atoms with van der Waals surface area (Å²) in [5, 5.41) is 45.5. The summed E-state index contributed by atoms with van der Waals surface area (Å²) in [6.07, 6.45) is -4.36. The largest absolute Gasteiger partial charge is 0.481 e. The van der Waals surface area contributed by atoms with Crippen molar-refractivity contribution >= 4 is 23.9 Å². The molecule has 0 spiro atoms. The molecule has 5 N–H and O–H groups in total. The number of ether oxygens (including phenoxy) is 1. The van der Waals surface area contributed by atoms with E-state index in [1.54, 1.807) is 0 Å². The van der Waals surface area contributed by atoms with Crippen molar-refractivity contribution in [2.24, 2.45) is 17.8 Å². The van der Waals surface area contributed by atoms with E-state index < -0.39 is 86.1 Å². The zero-order chi connectivity index (χ0) is 18.4. The monoisotopic (exact) mass is 348 g/mol. The van der Waals surface area contributed by atoms with E-state index >= 15 is 0 Å². The molecular weight excluding hydrogens is 328 g/mol. The van der Waals surface area contributed by atoms with Gasteiger partial charge < -0.3 is 30.3 Å². The van der Waals surface area contributed by atoms with Gasteiger partial charge in [0.25, 0.3) is 0 Å². The fraction of sp³-hybridized carbons (Fsp3) is 0.714. The molecule has 0 aromatic rings. The summed E-state index contributed by atoms with van der Waals surface area (Å²) in [7, 11) is 0. The molecule has 1 aliphatic heterocycles. The molecule has 0 aromatic carbocycles. The Morgan fingerprint density at radius 2 is 1.00 bits per heavy atom. The smallest absolute Gasteiger partial charge is 0.305 e. The van der Waals surface area contributed by atoms with Crippen LogP contribution in [0.2, 0.25) is 0 Å². The highest BCUT2D eigenvalue weighted by Crippen LogP contribution is 2.42. The van der Waals surface area contributed by atoms with Crippen molar-refractivity contribution in [1.82, 2.24) is 0 Å². The zero-order valence-electron chi connectivity index (χ0n) is 12.7. The van der Waals surface area contributed by atoms with Crippen LogP contribution < -0.4 is 0 Å². The molecule has 1 unspecified atom stereocenters. The van der Waals surface area contributed by atoms with Crippen LogP contribution in [-0.2, 0) is 23.9 Å². The van der Waals surface area contributed by atoms with Crippen LogP contribution in [0.1, 0.15) is 25.7 Å². The van der Waals surface area contributed by atoms with Crippen LogP contribution in [0.3, 0.4) is 0 Å². The fourth-order valence-corrected chi connectivity index (χ4v) is 3.32. The molecule has 5 atom stereocenters. The Kier molecular flexibility index (Phi) is 7.11. The van der Waals surface area contributed by atoms with E-state index in [9.17, 15) is 24.3 Å². The number of hydrogen-bond acceptors (Lipinski definition) is 6. The maximum Gasteiger partial charge on any atom is 0.305 e. The lowest BCUT2D eigenvalue weighted by atomic mass is 9.69. The van der Waals surface area contributed by atoms with E-state index in [2.05, 4.69) is 0 Å². The molecular formula is C14H20O10. The van der Waals surface area contributed by atoms with Crippen molar-refractivity contribution in [3.63, 3.8) is 0 Å². The molecule has 10 nitrogen and oxygen atoms in total. The topological polar surface area (TPSA) is 179 Å². The fourth-order valence-electron chi connectivity index (χ4n) is 3.32. The van der Waals surface area contributed by atoms with E-state index in [0.29, 0.717) is 0 Å². The number of aliphatic carboxylic acids is 4. The average molecular weight is 348 g/mol. The lowest BCUT2D eigenvalue weighted by Crippen LogP contribution is -2.51. The molecule has 1 rings (SSSR count). The van der Waals surface area contributed by atoms with E-state index in [1.165, 1.54) is 0 Å². The highest BCUT2D eigenvalue weighted by Gasteiger charge is 2.47. The second-order valence-electron chi connectivity index (χ2n) is 5.78. The first-order valence-corrected chi connectivity index (χ1v) is 7.29. The quantitative estimate of drug-likeness (QED) is 0.364. The van der Waals surface area contributed by atoms with Gasteiger partial charge in [0.05, 0.1) is 38.1 Å². The summed E-state index contributed by atoms with van der Waals surface area (Å²) < 4.78 is 5.43. The Morgan fingerprint density at radius 1 is 0.625 bits per heavy atom. The van der Waals surface area contributed by atoms with Crippen LogP contribution in [0.5, 0.6) is 0 Å². The van der Waals surface area contributed by atoms with Crippen molar-refractivity contribution in [3.05, 3.63) is 0 Å². The minimum absolute atomic E-state index is 0.515. The lowest BCUT2D eigenvalue weighted by molar-refractivity contribution is -0.186. The van der Waals surface area contributed by atoms with Crippen LogP contribution in [0.4, 0.5) is 0 Å². The first-order valence-electron chi connectivity index (χ1n) is 7.29. The number of rotatable bonds is 9. The highest BCUT2D eigenvalue weighted by atomic mass is 16.5. The average Bonchev–Trinajstić information content (AvgIpc) is 2.42. The number of carbonyl (C=O) groups is 4. The van der Waals surface area contributed by atoms with Crippen LogP contribution in [0.15, 0.2) is 0 Å².